The summed E-state index contributed by atoms with van der Waals surface area (Å²) in [5.74, 6) is 0.431. The van der Waals surface area contributed by atoms with Crippen LogP contribution < -0.4 is 5.32 Å². The largest absolute Gasteiger partial charge is 0.349 e. The fraction of sp³-hybridized carbons (Fsp3) is 0.300. The highest BCUT2D eigenvalue weighted by atomic mass is 32.2. The summed E-state index contributed by atoms with van der Waals surface area (Å²) in [6.45, 7) is 2.06. The van der Waals surface area contributed by atoms with Crippen molar-refractivity contribution in [3.63, 3.8) is 0 Å². The third-order valence-corrected chi connectivity index (χ3v) is 5.53. The van der Waals surface area contributed by atoms with Crippen LogP contribution in [0.15, 0.2) is 47.6 Å². The SMILES string of the molecule is Cc1ccc2nc(SCC(=O)N[C@@H]3CCCc4ccccc43)[nH]c2c1. The van der Waals surface area contributed by atoms with Crippen molar-refractivity contribution < 1.29 is 4.79 Å². The standard InChI is InChI=1S/C20H21N3OS/c1-13-9-10-17-18(11-13)23-20(22-17)25-12-19(24)21-16-8-4-6-14-5-2-3-7-15(14)16/h2-3,5,7,9-11,16H,4,6,8,12H2,1H3,(H,21,24)(H,22,23)/t16-/m1/s1. The van der Waals surface area contributed by atoms with Crippen LogP contribution in [-0.4, -0.2) is 21.6 Å². The minimum absolute atomic E-state index is 0.0586. The van der Waals surface area contributed by atoms with Gasteiger partial charge in [0, 0.05) is 0 Å². The van der Waals surface area contributed by atoms with Crippen LogP contribution in [0, 0.1) is 6.92 Å². The maximum atomic E-state index is 12.4. The van der Waals surface area contributed by atoms with Gasteiger partial charge in [-0.05, 0) is 55.0 Å². The molecule has 1 aromatic heterocycles. The number of amides is 1. The second kappa shape index (κ2) is 6.92. The van der Waals surface area contributed by atoms with Crippen molar-refractivity contribution in [1.82, 2.24) is 15.3 Å². The summed E-state index contributed by atoms with van der Waals surface area (Å²) >= 11 is 1.45. The first-order chi connectivity index (χ1) is 12.2. The number of aryl methyl sites for hydroxylation is 2. The zero-order valence-electron chi connectivity index (χ0n) is 14.2. The van der Waals surface area contributed by atoms with Crippen LogP contribution in [0.4, 0.5) is 0 Å². The average molecular weight is 351 g/mol. The number of nitrogens with one attached hydrogen (secondary N) is 2. The van der Waals surface area contributed by atoms with Gasteiger partial charge in [0.2, 0.25) is 5.91 Å². The molecule has 0 saturated heterocycles. The van der Waals surface area contributed by atoms with Crippen molar-refractivity contribution in [3.05, 3.63) is 59.2 Å². The van der Waals surface area contributed by atoms with Crippen molar-refractivity contribution in [2.24, 2.45) is 0 Å². The Hall–Kier alpha value is -2.27. The Morgan fingerprint density at radius 2 is 2.20 bits per heavy atom. The first kappa shape index (κ1) is 16.2. The zero-order chi connectivity index (χ0) is 17.2. The normalized spacial score (nSPS) is 16.6. The number of rotatable bonds is 4. The molecule has 2 aromatic carbocycles. The maximum Gasteiger partial charge on any atom is 0.230 e. The van der Waals surface area contributed by atoms with Gasteiger partial charge >= 0.3 is 0 Å². The van der Waals surface area contributed by atoms with Crippen molar-refractivity contribution in [3.8, 4) is 0 Å². The van der Waals surface area contributed by atoms with Gasteiger partial charge in [0.15, 0.2) is 5.16 Å². The van der Waals surface area contributed by atoms with Gasteiger partial charge in [-0.2, -0.15) is 0 Å². The number of imidazole rings is 1. The van der Waals surface area contributed by atoms with Gasteiger partial charge in [0.1, 0.15) is 0 Å². The van der Waals surface area contributed by atoms with E-state index in [0.717, 1.165) is 35.5 Å². The molecule has 1 atom stereocenters. The van der Waals surface area contributed by atoms with E-state index in [9.17, 15) is 4.79 Å². The number of carbonyl (C=O) groups is 1. The lowest BCUT2D eigenvalue weighted by molar-refractivity contribution is -0.119. The number of aromatic nitrogens is 2. The molecule has 4 nitrogen and oxygen atoms in total. The Bertz CT molecular complexity index is 918. The van der Waals surface area contributed by atoms with Crippen molar-refractivity contribution in [1.29, 1.82) is 0 Å². The number of hydrogen-bond acceptors (Lipinski definition) is 3. The molecule has 0 unspecified atom stereocenters. The average Bonchev–Trinajstić information content (AvgIpc) is 3.02. The number of aromatic amines is 1. The van der Waals surface area contributed by atoms with Crippen LogP contribution >= 0.6 is 11.8 Å². The molecule has 5 heteroatoms. The summed E-state index contributed by atoms with van der Waals surface area (Å²) in [7, 11) is 0. The van der Waals surface area contributed by atoms with Gasteiger partial charge in [-0.3, -0.25) is 4.79 Å². The van der Waals surface area contributed by atoms with E-state index in [1.165, 1.54) is 28.5 Å². The van der Waals surface area contributed by atoms with E-state index in [2.05, 4.69) is 52.5 Å². The van der Waals surface area contributed by atoms with Gasteiger partial charge in [0.25, 0.3) is 0 Å². The molecule has 4 rings (SSSR count). The van der Waals surface area contributed by atoms with Gasteiger partial charge in [-0.25, -0.2) is 4.98 Å². The Morgan fingerprint density at radius 3 is 3.12 bits per heavy atom. The molecule has 1 aliphatic carbocycles. The van der Waals surface area contributed by atoms with E-state index in [-0.39, 0.29) is 11.9 Å². The molecule has 1 heterocycles. The van der Waals surface area contributed by atoms with Crippen LogP contribution in [0.5, 0.6) is 0 Å². The maximum absolute atomic E-state index is 12.4. The van der Waals surface area contributed by atoms with Crippen molar-refractivity contribution in [2.45, 2.75) is 37.4 Å². The number of benzene rings is 2. The predicted molar refractivity (Wildman–Crippen MR) is 102 cm³/mol. The smallest absolute Gasteiger partial charge is 0.230 e. The number of thioether (sulfide) groups is 1. The molecule has 0 bridgehead atoms. The number of carbonyl (C=O) groups excluding carboxylic acids is 1. The molecular weight excluding hydrogens is 330 g/mol. The second-order valence-corrected chi connectivity index (χ2v) is 7.53. The highest BCUT2D eigenvalue weighted by Gasteiger charge is 2.21. The van der Waals surface area contributed by atoms with Crippen LogP contribution in [0.2, 0.25) is 0 Å². The van der Waals surface area contributed by atoms with E-state index in [0.29, 0.717) is 5.75 Å². The van der Waals surface area contributed by atoms with Crippen LogP contribution in [0.1, 0.15) is 35.6 Å². The summed E-state index contributed by atoms with van der Waals surface area (Å²) < 4.78 is 0. The first-order valence-electron chi connectivity index (χ1n) is 8.65. The summed E-state index contributed by atoms with van der Waals surface area (Å²) in [5.41, 5.74) is 5.78. The Balaban J connectivity index is 1.39. The van der Waals surface area contributed by atoms with Gasteiger partial charge < -0.3 is 10.3 Å². The lowest BCUT2D eigenvalue weighted by Crippen LogP contribution is -2.32. The molecule has 0 spiro atoms. The molecule has 128 valence electrons. The minimum atomic E-state index is 0.0586. The molecule has 1 amide bonds. The third-order valence-electron chi connectivity index (χ3n) is 4.66. The Morgan fingerprint density at radius 1 is 1.32 bits per heavy atom. The lowest BCUT2D eigenvalue weighted by atomic mass is 9.88. The highest BCUT2D eigenvalue weighted by Crippen LogP contribution is 2.29. The van der Waals surface area contributed by atoms with Gasteiger partial charge in [-0.1, -0.05) is 42.1 Å². The third kappa shape index (κ3) is 3.56. The number of hydrogen-bond donors (Lipinski definition) is 2. The molecule has 0 saturated carbocycles. The fourth-order valence-electron chi connectivity index (χ4n) is 3.44. The molecule has 0 fully saturated rings. The summed E-state index contributed by atoms with van der Waals surface area (Å²) in [5, 5.41) is 3.98. The van der Waals surface area contributed by atoms with Crippen molar-refractivity contribution in [2.75, 3.05) is 5.75 Å². The van der Waals surface area contributed by atoms with E-state index < -0.39 is 0 Å². The first-order valence-corrected chi connectivity index (χ1v) is 9.64. The Labute approximate surface area is 151 Å². The summed E-state index contributed by atoms with van der Waals surface area (Å²) in [4.78, 5) is 20.2. The number of H-pyrrole nitrogens is 1. The van der Waals surface area contributed by atoms with Crippen molar-refractivity contribution >= 4 is 28.7 Å². The molecule has 3 aromatic rings. The molecule has 25 heavy (non-hydrogen) atoms. The van der Waals surface area contributed by atoms with E-state index in [1.54, 1.807) is 0 Å². The zero-order valence-corrected chi connectivity index (χ0v) is 15.0. The number of nitrogens with zero attached hydrogens (tertiary/aromatic N) is 1. The summed E-state index contributed by atoms with van der Waals surface area (Å²) in [6, 6.07) is 14.7. The van der Waals surface area contributed by atoms with E-state index in [1.807, 2.05) is 12.1 Å². The molecule has 0 radical (unpaired) electrons. The second-order valence-electron chi connectivity index (χ2n) is 6.56. The monoisotopic (exact) mass is 351 g/mol. The predicted octanol–water partition coefficient (Wildman–Crippen LogP) is 4.16. The summed E-state index contributed by atoms with van der Waals surface area (Å²) in [6.07, 6.45) is 3.24. The molecular formula is C20H21N3OS. The fourth-order valence-corrected chi connectivity index (χ4v) is 4.14. The highest BCUT2D eigenvalue weighted by molar-refractivity contribution is 7.99. The topological polar surface area (TPSA) is 57.8 Å². The molecule has 0 aliphatic heterocycles. The quantitative estimate of drug-likeness (QED) is 0.694. The van der Waals surface area contributed by atoms with Gasteiger partial charge in [0.05, 0.1) is 22.8 Å². The van der Waals surface area contributed by atoms with E-state index in [4.69, 9.17) is 0 Å². The van der Waals surface area contributed by atoms with Crippen LogP contribution in [0.3, 0.4) is 0 Å². The molecule has 1 aliphatic rings. The minimum Gasteiger partial charge on any atom is -0.349 e. The van der Waals surface area contributed by atoms with E-state index >= 15 is 0 Å². The molecule has 2 N–H and O–H groups in total. The lowest BCUT2D eigenvalue weighted by Gasteiger charge is -2.26. The van der Waals surface area contributed by atoms with Crippen LogP contribution in [-0.2, 0) is 11.2 Å². The Kier molecular flexibility index (Phi) is 4.49. The van der Waals surface area contributed by atoms with Crippen LogP contribution in [0.25, 0.3) is 11.0 Å². The number of fused-ring (bicyclic) bond motifs is 2. The van der Waals surface area contributed by atoms with Gasteiger partial charge in [-0.15, -0.1) is 0 Å².